The third-order valence-corrected chi connectivity index (χ3v) is 12.0. The molecule has 2 aromatic heterocycles. The van der Waals surface area contributed by atoms with E-state index < -0.39 is 17.9 Å². The van der Waals surface area contributed by atoms with Crippen LogP contribution in [-0.2, 0) is 21.4 Å². The maximum Gasteiger partial charge on any atom is 0.308 e. The maximum absolute atomic E-state index is 14.2. The van der Waals surface area contributed by atoms with E-state index in [1.165, 1.54) is 37.0 Å². The zero-order valence-corrected chi connectivity index (χ0v) is 32.1. The van der Waals surface area contributed by atoms with Crippen molar-refractivity contribution < 1.29 is 24.2 Å². The first-order chi connectivity index (χ1) is 25.5. The third-order valence-electron chi connectivity index (χ3n) is 10.5. The Kier molecular flexibility index (Phi) is 12.4. The summed E-state index contributed by atoms with van der Waals surface area (Å²) in [7, 11) is 0. The molecule has 0 saturated carbocycles. The highest BCUT2D eigenvalue weighted by Gasteiger charge is 2.46. The van der Waals surface area contributed by atoms with E-state index in [0.717, 1.165) is 45.9 Å². The molecule has 2 saturated heterocycles. The number of ketones is 1. The molecule has 10 heteroatoms. The second-order valence-electron chi connectivity index (χ2n) is 15.6. The fourth-order valence-corrected chi connectivity index (χ4v) is 8.46. The van der Waals surface area contributed by atoms with Gasteiger partial charge < -0.3 is 20.5 Å². The fourth-order valence-electron chi connectivity index (χ4n) is 7.50. The van der Waals surface area contributed by atoms with E-state index in [0.29, 0.717) is 36.4 Å². The van der Waals surface area contributed by atoms with E-state index in [4.69, 9.17) is 4.74 Å². The number of rotatable bonds is 16. The number of carbonyl (C=O) groups is 3. The topological polar surface area (TPSA) is 131 Å². The number of amides is 1. The monoisotopic (exact) mass is 736 g/mol. The molecule has 1 amide bonds. The van der Waals surface area contributed by atoms with E-state index in [2.05, 4.69) is 48.3 Å². The van der Waals surface area contributed by atoms with Crippen LogP contribution in [0.4, 0.5) is 0 Å². The van der Waals surface area contributed by atoms with Crippen LogP contribution in [0.1, 0.15) is 99.2 Å². The Labute approximate surface area is 317 Å². The summed E-state index contributed by atoms with van der Waals surface area (Å²) in [6, 6.07) is 18.6. The molecule has 3 unspecified atom stereocenters. The maximum atomic E-state index is 14.2. The van der Waals surface area contributed by atoms with Gasteiger partial charge in [0.2, 0.25) is 0 Å². The Hall–Kier alpha value is -4.41. The number of nitrogens with one attached hydrogen (secondary N) is 2. The lowest BCUT2D eigenvalue weighted by Gasteiger charge is -2.31. The van der Waals surface area contributed by atoms with Crippen LogP contribution in [-0.4, -0.2) is 57.5 Å². The number of piperidine rings is 1. The van der Waals surface area contributed by atoms with Crippen molar-refractivity contribution in [2.45, 2.75) is 109 Å². The van der Waals surface area contributed by atoms with Gasteiger partial charge in [0, 0.05) is 46.4 Å². The number of carboxylic acid groups (broad SMARTS) is 1. The normalized spacial score (nSPS) is 20.2. The summed E-state index contributed by atoms with van der Waals surface area (Å²) < 4.78 is 5.91. The smallest absolute Gasteiger partial charge is 0.308 e. The number of nitrogens with zero attached hydrogens (tertiary/aromatic N) is 2. The summed E-state index contributed by atoms with van der Waals surface area (Å²) in [5, 5.41) is 16.2. The minimum Gasteiger partial charge on any atom is -0.494 e. The third kappa shape index (κ3) is 9.78. The molecule has 9 nitrogen and oxygen atoms in total. The van der Waals surface area contributed by atoms with Crippen molar-refractivity contribution in [3.63, 3.8) is 0 Å². The molecule has 2 bridgehead atoms. The lowest BCUT2D eigenvalue weighted by atomic mass is 9.83. The summed E-state index contributed by atoms with van der Waals surface area (Å²) in [5.74, 6) is -0.503. The number of unbranched alkanes of at least 4 members (excludes halogenated alkanes) is 4. The highest BCUT2D eigenvalue weighted by Crippen LogP contribution is 2.37. The molecule has 2 aliphatic heterocycles. The van der Waals surface area contributed by atoms with Gasteiger partial charge in [-0.2, -0.15) is 0 Å². The van der Waals surface area contributed by atoms with E-state index in [1.807, 2.05) is 73.1 Å². The van der Waals surface area contributed by atoms with Gasteiger partial charge in [-0.25, -0.2) is 9.97 Å². The summed E-state index contributed by atoms with van der Waals surface area (Å²) in [6.45, 7) is 9.27. The average molecular weight is 737 g/mol. The number of carboxylic acids is 1. The molecule has 0 spiro atoms. The van der Waals surface area contributed by atoms with Gasteiger partial charge in [0.1, 0.15) is 5.75 Å². The van der Waals surface area contributed by atoms with Crippen LogP contribution in [0.2, 0.25) is 0 Å². The van der Waals surface area contributed by atoms with Gasteiger partial charge in [0.05, 0.1) is 23.4 Å². The van der Waals surface area contributed by atoms with Crippen molar-refractivity contribution in [2.75, 3.05) is 6.61 Å². The number of aliphatic carboxylic acids is 1. The summed E-state index contributed by atoms with van der Waals surface area (Å²) >= 11 is 1.44. The van der Waals surface area contributed by atoms with Crippen LogP contribution >= 0.6 is 11.3 Å². The fraction of sp³-hybridized carbons (Fsp3) is 0.465. The Morgan fingerprint density at radius 2 is 1.58 bits per heavy atom. The molecule has 0 aliphatic carbocycles. The minimum absolute atomic E-state index is 0.0132. The van der Waals surface area contributed by atoms with Crippen molar-refractivity contribution in [3.05, 3.63) is 88.4 Å². The lowest BCUT2D eigenvalue weighted by molar-refractivity contribution is -0.142. The average Bonchev–Trinajstić information content (AvgIpc) is 3.78. The van der Waals surface area contributed by atoms with Crippen molar-refractivity contribution in [1.29, 1.82) is 0 Å². The largest absolute Gasteiger partial charge is 0.494 e. The first kappa shape index (κ1) is 38.3. The van der Waals surface area contributed by atoms with Gasteiger partial charge in [0.15, 0.2) is 11.6 Å². The van der Waals surface area contributed by atoms with Crippen molar-refractivity contribution in [3.8, 4) is 28.3 Å². The zero-order valence-electron chi connectivity index (χ0n) is 31.3. The number of fused-ring (bicyclic) bond motifs is 2. The van der Waals surface area contributed by atoms with Crippen LogP contribution in [0.5, 0.6) is 5.75 Å². The molecule has 4 aromatic rings. The summed E-state index contributed by atoms with van der Waals surface area (Å²) in [4.78, 5) is 50.5. The number of ether oxygens (including phenoxy) is 1. The Morgan fingerprint density at radius 3 is 2.25 bits per heavy atom. The van der Waals surface area contributed by atoms with Crippen molar-refractivity contribution in [2.24, 2.45) is 11.8 Å². The highest BCUT2D eigenvalue weighted by molar-refractivity contribution is 7.14. The molecule has 5 atom stereocenters. The molecule has 0 radical (unpaired) electrons. The molecule has 4 heterocycles. The Bertz CT molecular complexity index is 1850. The summed E-state index contributed by atoms with van der Waals surface area (Å²) in [6.07, 6.45) is 11.5. The number of benzene rings is 2. The van der Waals surface area contributed by atoms with E-state index in [1.54, 1.807) is 0 Å². The Morgan fingerprint density at radius 1 is 0.887 bits per heavy atom. The van der Waals surface area contributed by atoms with Crippen LogP contribution in [0.3, 0.4) is 0 Å². The number of aromatic nitrogens is 2. The number of hydrogen-bond acceptors (Lipinski definition) is 8. The predicted molar refractivity (Wildman–Crippen MR) is 209 cm³/mol. The van der Waals surface area contributed by atoms with Gasteiger partial charge in [-0.05, 0) is 72.9 Å². The van der Waals surface area contributed by atoms with E-state index in [9.17, 15) is 19.5 Å². The predicted octanol–water partition coefficient (Wildman–Crippen LogP) is 8.27. The summed E-state index contributed by atoms with van der Waals surface area (Å²) in [5.41, 5.74) is 3.58. The molecule has 2 aliphatic rings. The molecule has 6 rings (SSSR count). The SMILES string of the molecule is CCCCCCCOc1ccc(-c2cnc(-c3ccc(C[C@H](NC(=O)c4ccc(C(C)(C)C)s4)C(=O)[C@H]4CC5CC(C(=O)O)C(C4)N5)cc3)nc2)cc1. The van der Waals surface area contributed by atoms with Crippen LogP contribution in [0.15, 0.2) is 73.1 Å². The van der Waals surface area contributed by atoms with Gasteiger partial charge in [0.25, 0.3) is 5.91 Å². The van der Waals surface area contributed by atoms with Crippen molar-refractivity contribution >= 4 is 29.0 Å². The molecule has 53 heavy (non-hydrogen) atoms. The van der Waals surface area contributed by atoms with Crippen molar-refractivity contribution in [1.82, 2.24) is 20.6 Å². The van der Waals surface area contributed by atoms with Gasteiger partial charge >= 0.3 is 5.97 Å². The number of carbonyl (C=O) groups excluding carboxylic acids is 2. The number of hydrogen-bond donors (Lipinski definition) is 3. The Balaban J connectivity index is 1.11. The van der Waals surface area contributed by atoms with Crippen LogP contribution in [0, 0.1) is 11.8 Å². The van der Waals surface area contributed by atoms with Gasteiger partial charge in [-0.1, -0.05) is 89.8 Å². The van der Waals surface area contributed by atoms with Crippen LogP contribution < -0.4 is 15.4 Å². The van der Waals surface area contributed by atoms with E-state index >= 15 is 0 Å². The minimum atomic E-state index is -0.822. The molecular formula is C43H52N4O5S. The van der Waals surface area contributed by atoms with Crippen LogP contribution in [0.25, 0.3) is 22.5 Å². The molecule has 3 N–H and O–H groups in total. The molecule has 2 fully saturated rings. The first-order valence-corrected chi connectivity index (χ1v) is 19.9. The highest BCUT2D eigenvalue weighted by atomic mass is 32.1. The van der Waals surface area contributed by atoms with E-state index in [-0.39, 0.29) is 35.1 Å². The standard InChI is InChI=1S/C43H52N4O5S/c1-5-6-7-8-9-20-52-33-16-14-28(15-17-33)31-25-44-40(45-26-31)29-12-10-27(11-13-29)21-36(47-41(49)37-18-19-38(53-37)43(2,3)4)39(48)30-22-32-24-34(42(50)51)35(23-30)46-32/h10-19,25-26,30,32,34-36,46H,5-9,20-24H2,1-4H3,(H,47,49)(H,50,51)/t30-,32?,34?,35?,36-/m0/s1. The zero-order chi connectivity index (χ0) is 37.5. The molecule has 280 valence electrons. The second-order valence-corrected chi connectivity index (χ2v) is 16.7. The van der Waals surface area contributed by atoms with Gasteiger partial charge in [-0.15, -0.1) is 11.3 Å². The lowest BCUT2D eigenvalue weighted by Crippen LogP contribution is -2.49. The first-order valence-electron chi connectivity index (χ1n) is 19.1. The number of Topliss-reactive ketones (excluding diaryl/α,β-unsaturated/α-hetero) is 1. The quantitative estimate of drug-likeness (QED) is 0.0981. The van der Waals surface area contributed by atoms with Gasteiger partial charge in [-0.3, -0.25) is 14.4 Å². The number of thiophene rings is 1. The molecular weight excluding hydrogens is 685 g/mol. The molecule has 2 aromatic carbocycles. The second kappa shape index (κ2) is 17.2.